The summed E-state index contributed by atoms with van der Waals surface area (Å²) in [6.45, 7) is 3.55. The van der Waals surface area contributed by atoms with Gasteiger partial charge in [-0.15, -0.1) is 11.3 Å². The molecular formula is C20H18FNO3S. The standard InChI is InChI=1S/C20H18FNO3S/c1-12-17-15(21)9-6-10-16(17)26-18(12)20(24)25-13(2)19(23)22-11-14-7-4-3-5-8-14/h3-10,13H,11H2,1-2H3,(H,22,23)/t13-/m1/s1. The second-order valence-electron chi connectivity index (χ2n) is 5.92. The number of carbonyl (C=O) groups is 2. The molecule has 0 fully saturated rings. The summed E-state index contributed by atoms with van der Waals surface area (Å²) in [7, 11) is 0. The molecule has 2 aromatic carbocycles. The first-order chi connectivity index (χ1) is 12.5. The maximum atomic E-state index is 14.0. The molecule has 3 rings (SSSR count). The first-order valence-electron chi connectivity index (χ1n) is 8.17. The smallest absolute Gasteiger partial charge is 0.349 e. The largest absolute Gasteiger partial charge is 0.448 e. The summed E-state index contributed by atoms with van der Waals surface area (Å²) < 4.78 is 19.9. The molecule has 0 saturated heterocycles. The molecule has 1 atom stereocenters. The zero-order valence-corrected chi connectivity index (χ0v) is 15.2. The predicted molar refractivity (Wildman–Crippen MR) is 99.7 cm³/mol. The van der Waals surface area contributed by atoms with Gasteiger partial charge in [-0.25, -0.2) is 9.18 Å². The van der Waals surface area contributed by atoms with Crippen molar-refractivity contribution in [1.29, 1.82) is 0 Å². The molecule has 1 heterocycles. The number of rotatable bonds is 5. The lowest BCUT2D eigenvalue weighted by Gasteiger charge is -2.13. The zero-order chi connectivity index (χ0) is 18.7. The lowest BCUT2D eigenvalue weighted by molar-refractivity contribution is -0.129. The van der Waals surface area contributed by atoms with Gasteiger partial charge in [0.25, 0.3) is 5.91 Å². The summed E-state index contributed by atoms with van der Waals surface area (Å²) in [5.41, 5.74) is 1.49. The number of thiophene rings is 1. The molecule has 134 valence electrons. The Morgan fingerprint density at radius 3 is 2.58 bits per heavy atom. The summed E-state index contributed by atoms with van der Waals surface area (Å²) in [5.74, 6) is -1.37. The van der Waals surface area contributed by atoms with Crippen LogP contribution in [0.1, 0.15) is 27.7 Å². The average Bonchev–Trinajstić information content (AvgIpc) is 2.98. The van der Waals surface area contributed by atoms with Crippen LogP contribution in [0.3, 0.4) is 0 Å². The minimum Gasteiger partial charge on any atom is -0.448 e. The Balaban J connectivity index is 1.66. The van der Waals surface area contributed by atoms with Crippen LogP contribution in [0, 0.1) is 12.7 Å². The third kappa shape index (κ3) is 3.75. The highest BCUT2D eigenvalue weighted by Gasteiger charge is 2.23. The first kappa shape index (κ1) is 18.1. The normalized spacial score (nSPS) is 12.0. The van der Waals surface area contributed by atoms with Gasteiger partial charge in [-0.1, -0.05) is 36.4 Å². The molecule has 6 heteroatoms. The zero-order valence-electron chi connectivity index (χ0n) is 14.4. The Bertz CT molecular complexity index is 952. The average molecular weight is 371 g/mol. The van der Waals surface area contributed by atoms with Crippen LogP contribution < -0.4 is 5.32 Å². The van der Waals surface area contributed by atoms with Crippen molar-refractivity contribution in [3.05, 3.63) is 70.4 Å². The SMILES string of the molecule is Cc1c(C(=O)O[C@H](C)C(=O)NCc2ccccc2)sc2cccc(F)c12. The van der Waals surface area contributed by atoms with Gasteiger partial charge in [0.15, 0.2) is 6.10 Å². The molecule has 26 heavy (non-hydrogen) atoms. The number of nitrogens with one attached hydrogen (secondary N) is 1. The van der Waals surface area contributed by atoms with Crippen LogP contribution in [-0.4, -0.2) is 18.0 Å². The number of hydrogen-bond donors (Lipinski definition) is 1. The first-order valence-corrected chi connectivity index (χ1v) is 8.99. The third-order valence-electron chi connectivity index (χ3n) is 4.05. The fraction of sp³-hybridized carbons (Fsp3) is 0.200. The maximum absolute atomic E-state index is 14.0. The Morgan fingerprint density at radius 1 is 1.15 bits per heavy atom. The molecule has 1 N–H and O–H groups in total. The van der Waals surface area contributed by atoms with Crippen molar-refractivity contribution < 1.29 is 18.7 Å². The molecule has 3 aromatic rings. The van der Waals surface area contributed by atoms with Gasteiger partial charge in [0.1, 0.15) is 10.7 Å². The van der Waals surface area contributed by atoms with Gasteiger partial charge in [0.05, 0.1) is 0 Å². The number of esters is 1. The monoisotopic (exact) mass is 371 g/mol. The maximum Gasteiger partial charge on any atom is 0.349 e. The second-order valence-corrected chi connectivity index (χ2v) is 6.97. The Kier molecular flexibility index (Phi) is 5.32. The molecule has 0 radical (unpaired) electrons. The van der Waals surface area contributed by atoms with Gasteiger partial charge in [-0.2, -0.15) is 0 Å². The van der Waals surface area contributed by atoms with Crippen LogP contribution in [0.4, 0.5) is 4.39 Å². The van der Waals surface area contributed by atoms with Crippen LogP contribution in [0.15, 0.2) is 48.5 Å². The summed E-state index contributed by atoms with van der Waals surface area (Å²) in [4.78, 5) is 24.9. The van der Waals surface area contributed by atoms with E-state index in [1.165, 1.54) is 13.0 Å². The summed E-state index contributed by atoms with van der Waals surface area (Å²) in [6.07, 6.45) is -0.944. The number of fused-ring (bicyclic) bond motifs is 1. The molecule has 4 nitrogen and oxygen atoms in total. The Hall–Kier alpha value is -2.73. The highest BCUT2D eigenvalue weighted by molar-refractivity contribution is 7.21. The van der Waals surface area contributed by atoms with E-state index in [1.54, 1.807) is 19.1 Å². The van der Waals surface area contributed by atoms with Gasteiger partial charge in [0, 0.05) is 16.6 Å². The second kappa shape index (κ2) is 7.66. The van der Waals surface area contributed by atoms with Crippen molar-refractivity contribution in [3.63, 3.8) is 0 Å². The molecule has 1 amide bonds. The van der Waals surface area contributed by atoms with Crippen molar-refractivity contribution in [2.24, 2.45) is 0 Å². The van der Waals surface area contributed by atoms with Crippen molar-refractivity contribution in [1.82, 2.24) is 5.32 Å². The Morgan fingerprint density at radius 2 is 1.88 bits per heavy atom. The van der Waals surface area contributed by atoms with E-state index in [0.717, 1.165) is 16.9 Å². The highest BCUT2D eigenvalue weighted by Crippen LogP contribution is 2.33. The summed E-state index contributed by atoms with van der Waals surface area (Å²) in [6, 6.07) is 14.2. The van der Waals surface area contributed by atoms with Crippen molar-refractivity contribution in [3.8, 4) is 0 Å². The van der Waals surface area contributed by atoms with Crippen LogP contribution in [0.25, 0.3) is 10.1 Å². The van der Waals surface area contributed by atoms with Gasteiger partial charge < -0.3 is 10.1 Å². The molecule has 0 aliphatic rings. The van der Waals surface area contributed by atoms with Crippen LogP contribution >= 0.6 is 11.3 Å². The van der Waals surface area contributed by atoms with Crippen LogP contribution in [0.5, 0.6) is 0 Å². The number of benzene rings is 2. The quantitative estimate of drug-likeness (QED) is 0.684. The number of aryl methyl sites for hydroxylation is 1. The molecule has 0 bridgehead atoms. The lowest BCUT2D eigenvalue weighted by Crippen LogP contribution is -2.35. The topological polar surface area (TPSA) is 55.4 Å². The minimum atomic E-state index is -0.944. The highest BCUT2D eigenvalue weighted by atomic mass is 32.1. The number of amides is 1. The van der Waals surface area contributed by atoms with Gasteiger partial charge in [0.2, 0.25) is 0 Å². The molecule has 0 saturated carbocycles. The molecular weight excluding hydrogens is 353 g/mol. The number of hydrogen-bond acceptors (Lipinski definition) is 4. The van der Waals surface area contributed by atoms with Crippen LogP contribution in [0.2, 0.25) is 0 Å². The predicted octanol–water partition coefficient (Wildman–Crippen LogP) is 4.21. The van der Waals surface area contributed by atoms with E-state index in [9.17, 15) is 14.0 Å². The van der Waals surface area contributed by atoms with Crippen molar-refractivity contribution >= 4 is 33.3 Å². The third-order valence-corrected chi connectivity index (χ3v) is 5.29. The number of ether oxygens (including phenoxy) is 1. The number of carbonyl (C=O) groups excluding carboxylic acids is 2. The number of halogens is 1. The van der Waals surface area contributed by atoms with Crippen molar-refractivity contribution in [2.45, 2.75) is 26.5 Å². The van der Waals surface area contributed by atoms with E-state index in [1.807, 2.05) is 30.3 Å². The summed E-state index contributed by atoms with van der Waals surface area (Å²) >= 11 is 1.16. The van der Waals surface area contributed by atoms with Gasteiger partial charge in [-0.05, 0) is 37.1 Å². The van der Waals surface area contributed by atoms with E-state index in [2.05, 4.69) is 5.32 Å². The fourth-order valence-corrected chi connectivity index (χ4v) is 3.75. The van der Waals surface area contributed by atoms with Gasteiger partial charge in [-0.3, -0.25) is 4.79 Å². The van der Waals surface area contributed by atoms with Crippen LogP contribution in [-0.2, 0) is 16.1 Å². The van der Waals surface area contributed by atoms with E-state index < -0.39 is 12.1 Å². The molecule has 0 spiro atoms. The molecule has 0 aliphatic heterocycles. The van der Waals surface area contributed by atoms with E-state index in [4.69, 9.17) is 4.74 Å². The van der Waals surface area contributed by atoms with E-state index in [-0.39, 0.29) is 11.7 Å². The Labute approximate surface area is 154 Å². The fourth-order valence-electron chi connectivity index (χ4n) is 2.64. The molecule has 1 aromatic heterocycles. The van der Waals surface area contributed by atoms with E-state index in [0.29, 0.717) is 27.1 Å². The summed E-state index contributed by atoms with van der Waals surface area (Å²) in [5, 5.41) is 3.15. The molecule has 0 unspecified atom stereocenters. The van der Waals surface area contributed by atoms with Crippen molar-refractivity contribution in [2.75, 3.05) is 0 Å². The lowest BCUT2D eigenvalue weighted by atomic mass is 10.1. The van der Waals surface area contributed by atoms with E-state index >= 15 is 0 Å². The van der Waals surface area contributed by atoms with Gasteiger partial charge >= 0.3 is 5.97 Å². The minimum absolute atomic E-state index is 0.313. The molecule has 0 aliphatic carbocycles.